The second-order valence-corrected chi connectivity index (χ2v) is 15.7. The van der Waals surface area contributed by atoms with Gasteiger partial charge in [-0.3, -0.25) is 0 Å². The zero-order valence-electron chi connectivity index (χ0n) is 26.0. The standard InChI is InChI=1S/C44H25BrN2S2/c45-28-21-26-15-16-27-22-36-35-24-31(18-20-37(35)47(30-11-5-2-6-12-30)43(36)44-42(27)41(26)40(23-28)49-44)46(29-9-3-1-4-10-29)32-17-19-34-33-13-7-8-14-38(33)48-39(34)25-32/h1-25H. The Hall–Kier alpha value is -5.20. The van der Waals surface area contributed by atoms with E-state index >= 15 is 0 Å². The van der Waals surface area contributed by atoms with E-state index in [0.29, 0.717) is 0 Å². The third kappa shape index (κ3) is 4.04. The van der Waals surface area contributed by atoms with E-state index in [1.165, 1.54) is 78.6 Å². The zero-order chi connectivity index (χ0) is 32.2. The molecule has 0 aliphatic rings. The molecule has 3 aromatic heterocycles. The minimum absolute atomic E-state index is 1.12. The fourth-order valence-corrected chi connectivity index (χ4v) is 11.0. The van der Waals surface area contributed by atoms with Crippen LogP contribution in [0, 0.1) is 0 Å². The van der Waals surface area contributed by atoms with E-state index in [4.69, 9.17) is 0 Å². The second-order valence-electron chi connectivity index (χ2n) is 12.7. The lowest BCUT2D eigenvalue weighted by Gasteiger charge is -2.25. The molecule has 8 aromatic carbocycles. The van der Waals surface area contributed by atoms with E-state index in [-0.39, 0.29) is 0 Å². The fourth-order valence-electron chi connectivity index (χ4n) is 7.87. The number of benzene rings is 8. The predicted octanol–water partition coefficient (Wildman–Crippen LogP) is 14.3. The maximum Gasteiger partial charge on any atom is 0.0720 e. The Balaban J connectivity index is 1.22. The largest absolute Gasteiger partial charge is 0.310 e. The van der Waals surface area contributed by atoms with Gasteiger partial charge < -0.3 is 9.47 Å². The first kappa shape index (κ1) is 27.7. The Kier molecular flexibility index (Phi) is 5.88. The summed E-state index contributed by atoms with van der Waals surface area (Å²) in [4.78, 5) is 2.40. The van der Waals surface area contributed by atoms with Crippen LogP contribution in [-0.4, -0.2) is 4.57 Å². The molecule has 0 N–H and O–H groups in total. The SMILES string of the molecule is Brc1cc2ccc3cc4c5cc(N(c6ccccc6)c6ccc7c(c6)sc6ccccc67)ccc5n(-c5ccccc5)c4c4sc(c1)c2c34. The quantitative estimate of drug-likeness (QED) is 0.164. The monoisotopic (exact) mass is 724 g/mol. The molecule has 0 unspecified atom stereocenters. The normalized spacial score (nSPS) is 12.2. The number of anilines is 3. The van der Waals surface area contributed by atoms with Gasteiger partial charge in [0.15, 0.2) is 0 Å². The highest BCUT2D eigenvalue weighted by atomic mass is 79.9. The summed E-state index contributed by atoms with van der Waals surface area (Å²) in [6, 6.07) is 55.8. The summed E-state index contributed by atoms with van der Waals surface area (Å²) in [5.41, 5.74) is 7.08. The summed E-state index contributed by atoms with van der Waals surface area (Å²) in [6.07, 6.45) is 0. The molecule has 0 atom stereocenters. The number of rotatable bonds is 4. The van der Waals surface area contributed by atoms with Crippen LogP contribution in [0.1, 0.15) is 0 Å². The fraction of sp³-hybridized carbons (Fsp3) is 0. The first-order valence-electron chi connectivity index (χ1n) is 16.4. The van der Waals surface area contributed by atoms with Crippen LogP contribution in [0.25, 0.3) is 78.6 Å². The Labute approximate surface area is 298 Å². The molecule has 230 valence electrons. The van der Waals surface area contributed by atoms with Crippen LogP contribution in [-0.2, 0) is 0 Å². The van der Waals surface area contributed by atoms with Gasteiger partial charge in [-0.2, -0.15) is 0 Å². The summed E-state index contributed by atoms with van der Waals surface area (Å²) in [5, 5.41) is 10.4. The molecule has 5 heteroatoms. The Morgan fingerprint density at radius 1 is 0.469 bits per heavy atom. The number of halogens is 1. The molecule has 0 bridgehead atoms. The van der Waals surface area contributed by atoms with E-state index < -0.39 is 0 Å². The molecular formula is C44H25BrN2S2. The van der Waals surface area contributed by atoms with E-state index in [0.717, 1.165) is 21.5 Å². The lowest BCUT2D eigenvalue weighted by Crippen LogP contribution is -2.09. The van der Waals surface area contributed by atoms with Gasteiger partial charge in [0.2, 0.25) is 0 Å². The Bertz CT molecular complexity index is 3060. The second kappa shape index (κ2) is 10.4. The van der Waals surface area contributed by atoms with Crippen LogP contribution >= 0.6 is 38.6 Å². The van der Waals surface area contributed by atoms with Gasteiger partial charge in [0.05, 0.1) is 15.7 Å². The Morgan fingerprint density at radius 2 is 1.18 bits per heavy atom. The minimum atomic E-state index is 1.12. The van der Waals surface area contributed by atoms with Crippen LogP contribution < -0.4 is 4.90 Å². The van der Waals surface area contributed by atoms with Gasteiger partial charge in [-0.05, 0) is 89.6 Å². The van der Waals surface area contributed by atoms with Crippen LogP contribution in [0.5, 0.6) is 0 Å². The first-order valence-corrected chi connectivity index (χ1v) is 18.8. The summed E-state index contributed by atoms with van der Waals surface area (Å²) >= 11 is 7.54. The van der Waals surface area contributed by atoms with Crippen molar-refractivity contribution in [3.63, 3.8) is 0 Å². The molecule has 0 radical (unpaired) electrons. The summed E-state index contributed by atoms with van der Waals surface area (Å²) in [7, 11) is 0. The molecule has 0 aliphatic carbocycles. The number of aromatic nitrogens is 1. The van der Waals surface area contributed by atoms with Gasteiger partial charge in [-0.1, -0.05) is 88.7 Å². The molecule has 0 fully saturated rings. The highest BCUT2D eigenvalue weighted by molar-refractivity contribution is 9.10. The molecular weight excluding hydrogens is 701 g/mol. The van der Waals surface area contributed by atoms with Crippen molar-refractivity contribution in [2.75, 3.05) is 4.90 Å². The van der Waals surface area contributed by atoms with Crippen LogP contribution in [0.3, 0.4) is 0 Å². The molecule has 49 heavy (non-hydrogen) atoms. The van der Waals surface area contributed by atoms with Gasteiger partial charge in [-0.25, -0.2) is 0 Å². The van der Waals surface area contributed by atoms with Crippen molar-refractivity contribution in [1.82, 2.24) is 4.57 Å². The predicted molar refractivity (Wildman–Crippen MR) is 218 cm³/mol. The van der Waals surface area contributed by atoms with E-state index in [1.807, 2.05) is 22.7 Å². The van der Waals surface area contributed by atoms with Gasteiger partial charge >= 0.3 is 0 Å². The molecule has 0 saturated heterocycles. The molecule has 2 nitrogen and oxygen atoms in total. The van der Waals surface area contributed by atoms with Gasteiger partial charge in [0, 0.05) is 73.6 Å². The van der Waals surface area contributed by atoms with Crippen molar-refractivity contribution in [1.29, 1.82) is 0 Å². The summed E-state index contributed by atoms with van der Waals surface area (Å²) in [5.74, 6) is 0. The van der Waals surface area contributed by atoms with Crippen molar-refractivity contribution in [3.8, 4) is 5.69 Å². The number of nitrogens with zero attached hydrogens (tertiary/aromatic N) is 2. The zero-order valence-corrected chi connectivity index (χ0v) is 29.2. The average Bonchev–Trinajstić information content (AvgIpc) is 3.81. The van der Waals surface area contributed by atoms with Crippen molar-refractivity contribution in [2.24, 2.45) is 0 Å². The highest BCUT2D eigenvalue weighted by Gasteiger charge is 2.23. The number of para-hydroxylation sites is 2. The van der Waals surface area contributed by atoms with Gasteiger partial charge in [0.25, 0.3) is 0 Å². The lowest BCUT2D eigenvalue weighted by atomic mass is 10.00. The molecule has 11 rings (SSSR count). The van der Waals surface area contributed by atoms with Crippen molar-refractivity contribution in [2.45, 2.75) is 0 Å². The molecule has 3 heterocycles. The molecule has 0 saturated carbocycles. The Morgan fingerprint density at radius 3 is 2.04 bits per heavy atom. The third-order valence-corrected chi connectivity index (χ3v) is 12.7. The van der Waals surface area contributed by atoms with E-state index in [2.05, 4.69) is 177 Å². The van der Waals surface area contributed by atoms with Crippen LogP contribution in [0.2, 0.25) is 0 Å². The van der Waals surface area contributed by atoms with E-state index in [9.17, 15) is 0 Å². The van der Waals surface area contributed by atoms with Gasteiger partial charge in [-0.15, -0.1) is 22.7 Å². The van der Waals surface area contributed by atoms with Crippen LogP contribution in [0.15, 0.2) is 156 Å². The molecule has 0 spiro atoms. The van der Waals surface area contributed by atoms with Crippen molar-refractivity contribution >= 4 is 129 Å². The van der Waals surface area contributed by atoms with Gasteiger partial charge in [0.1, 0.15) is 0 Å². The average molecular weight is 726 g/mol. The summed E-state index contributed by atoms with van der Waals surface area (Å²) < 4.78 is 8.87. The number of hydrogen-bond donors (Lipinski definition) is 0. The maximum atomic E-state index is 3.78. The number of hydrogen-bond acceptors (Lipinski definition) is 3. The maximum absolute atomic E-state index is 3.78. The smallest absolute Gasteiger partial charge is 0.0720 e. The molecule has 0 amide bonds. The molecule has 11 aromatic rings. The van der Waals surface area contributed by atoms with Crippen LogP contribution in [0.4, 0.5) is 17.1 Å². The number of thiophene rings is 2. The first-order chi connectivity index (χ1) is 24.2. The van der Waals surface area contributed by atoms with E-state index in [1.54, 1.807) is 0 Å². The third-order valence-electron chi connectivity index (χ3n) is 9.93. The lowest BCUT2D eigenvalue weighted by molar-refractivity contribution is 1.19. The topological polar surface area (TPSA) is 8.17 Å². The molecule has 0 aliphatic heterocycles. The highest BCUT2D eigenvalue weighted by Crippen LogP contribution is 2.49. The summed E-state index contributed by atoms with van der Waals surface area (Å²) in [6.45, 7) is 0. The van der Waals surface area contributed by atoms with Crippen molar-refractivity contribution in [3.05, 3.63) is 156 Å². The number of fused-ring (bicyclic) bond motifs is 7. The van der Waals surface area contributed by atoms with Crippen molar-refractivity contribution < 1.29 is 0 Å². The minimum Gasteiger partial charge on any atom is -0.310 e.